The molecule has 17 heavy (non-hydrogen) atoms. The topological polar surface area (TPSA) is 42.9 Å². The molecule has 88 valence electrons. The third-order valence-corrected chi connectivity index (χ3v) is 3.13. The molecule has 0 N–H and O–H groups in total. The van der Waals surface area contributed by atoms with Crippen LogP contribution in [0.4, 0.5) is 4.39 Å². The number of hydrogen-bond acceptors (Lipinski definition) is 4. The summed E-state index contributed by atoms with van der Waals surface area (Å²) in [6, 6.07) is 5.96. The van der Waals surface area contributed by atoms with E-state index in [-0.39, 0.29) is 11.3 Å². The molecule has 2 aromatic rings. The van der Waals surface area contributed by atoms with Gasteiger partial charge in [-0.2, -0.15) is 0 Å². The van der Waals surface area contributed by atoms with E-state index in [0.29, 0.717) is 17.0 Å². The Balaban J connectivity index is 2.37. The zero-order chi connectivity index (χ0) is 12.3. The second-order valence-corrected chi connectivity index (χ2v) is 4.36. The molecule has 3 nitrogen and oxygen atoms in total. The Morgan fingerprint density at radius 2 is 2.18 bits per heavy atom. The first-order chi connectivity index (χ1) is 8.24. The second-order valence-electron chi connectivity index (χ2n) is 3.61. The normalized spacial score (nSPS) is 10.5. The maximum atomic E-state index is 13.5. The van der Waals surface area contributed by atoms with Crippen molar-refractivity contribution >= 4 is 17.3 Å². The zero-order valence-electron chi connectivity index (χ0n) is 9.31. The molecule has 1 aromatic heterocycles. The number of rotatable bonds is 4. The summed E-state index contributed by atoms with van der Waals surface area (Å²) in [7, 11) is 0. The molecule has 0 fully saturated rings. The maximum Gasteiger partial charge on any atom is 0.209 e. The van der Waals surface area contributed by atoms with Gasteiger partial charge < -0.3 is 0 Å². The fourth-order valence-corrected chi connectivity index (χ4v) is 2.21. The van der Waals surface area contributed by atoms with Crippen molar-refractivity contribution in [3.05, 3.63) is 46.2 Å². The van der Waals surface area contributed by atoms with Gasteiger partial charge in [0.05, 0.1) is 11.3 Å². The molecular weight excluding hydrogens is 239 g/mol. The van der Waals surface area contributed by atoms with Crippen molar-refractivity contribution in [3.63, 3.8) is 0 Å². The van der Waals surface area contributed by atoms with Gasteiger partial charge in [-0.15, -0.1) is 5.10 Å². The quantitative estimate of drug-likeness (QED) is 0.784. The molecule has 1 heterocycles. The lowest BCUT2D eigenvalue weighted by atomic mass is 10.1. The van der Waals surface area contributed by atoms with Gasteiger partial charge in [0.15, 0.2) is 0 Å². The van der Waals surface area contributed by atoms with Crippen LogP contribution < -0.4 is 0 Å². The number of nitrogens with zero attached hydrogens (tertiary/aromatic N) is 2. The highest BCUT2D eigenvalue weighted by Crippen LogP contribution is 2.19. The highest BCUT2D eigenvalue weighted by Gasteiger charge is 2.19. The number of benzene rings is 1. The van der Waals surface area contributed by atoms with E-state index < -0.39 is 5.82 Å². The SMILES string of the molecule is CCCc1nnsc1C(=O)c1ccccc1F. The molecule has 0 atom stereocenters. The van der Waals surface area contributed by atoms with E-state index in [1.54, 1.807) is 12.1 Å². The fourth-order valence-electron chi connectivity index (χ4n) is 1.55. The minimum absolute atomic E-state index is 0.0795. The molecule has 0 bridgehead atoms. The smallest absolute Gasteiger partial charge is 0.209 e. The lowest BCUT2D eigenvalue weighted by Gasteiger charge is -2.01. The molecule has 2 rings (SSSR count). The summed E-state index contributed by atoms with van der Waals surface area (Å²) in [4.78, 5) is 12.6. The average Bonchev–Trinajstić information content (AvgIpc) is 2.78. The number of aromatic nitrogens is 2. The summed E-state index contributed by atoms with van der Waals surface area (Å²) in [6.45, 7) is 2.00. The van der Waals surface area contributed by atoms with Crippen LogP contribution in [-0.4, -0.2) is 15.4 Å². The van der Waals surface area contributed by atoms with Crippen LogP contribution in [0.15, 0.2) is 24.3 Å². The van der Waals surface area contributed by atoms with Gasteiger partial charge in [0, 0.05) is 0 Å². The number of aryl methyl sites for hydroxylation is 1. The zero-order valence-corrected chi connectivity index (χ0v) is 10.1. The average molecular weight is 250 g/mol. The van der Waals surface area contributed by atoms with Crippen LogP contribution in [0.2, 0.25) is 0 Å². The van der Waals surface area contributed by atoms with Crippen molar-refractivity contribution < 1.29 is 9.18 Å². The first kappa shape index (κ1) is 11.9. The van der Waals surface area contributed by atoms with Gasteiger partial charge in [0.1, 0.15) is 10.7 Å². The molecule has 0 aliphatic rings. The minimum atomic E-state index is -0.506. The van der Waals surface area contributed by atoms with E-state index in [1.165, 1.54) is 12.1 Å². The Hall–Kier alpha value is -1.62. The third kappa shape index (κ3) is 2.39. The van der Waals surface area contributed by atoms with E-state index in [2.05, 4.69) is 9.59 Å². The van der Waals surface area contributed by atoms with E-state index in [0.717, 1.165) is 18.0 Å². The predicted molar refractivity (Wildman–Crippen MR) is 63.7 cm³/mol. The van der Waals surface area contributed by atoms with Crippen molar-refractivity contribution in [2.75, 3.05) is 0 Å². The van der Waals surface area contributed by atoms with E-state index in [9.17, 15) is 9.18 Å². The molecule has 0 saturated heterocycles. The summed E-state index contributed by atoms with van der Waals surface area (Å²) in [5, 5.41) is 3.91. The summed E-state index contributed by atoms with van der Waals surface area (Å²) in [6.07, 6.45) is 1.56. The molecule has 1 aromatic carbocycles. The highest BCUT2D eigenvalue weighted by molar-refractivity contribution is 7.08. The van der Waals surface area contributed by atoms with E-state index in [4.69, 9.17) is 0 Å². The number of ketones is 1. The van der Waals surface area contributed by atoms with E-state index in [1.807, 2.05) is 6.92 Å². The number of carbonyl (C=O) groups excluding carboxylic acids is 1. The number of hydrogen-bond donors (Lipinski definition) is 0. The first-order valence-electron chi connectivity index (χ1n) is 5.34. The van der Waals surface area contributed by atoms with Crippen LogP contribution in [0.5, 0.6) is 0 Å². The van der Waals surface area contributed by atoms with Gasteiger partial charge in [0.2, 0.25) is 5.78 Å². The lowest BCUT2D eigenvalue weighted by molar-refractivity contribution is 0.103. The van der Waals surface area contributed by atoms with Crippen LogP contribution in [0.3, 0.4) is 0 Å². The van der Waals surface area contributed by atoms with Crippen molar-refractivity contribution in [1.29, 1.82) is 0 Å². The van der Waals surface area contributed by atoms with Crippen LogP contribution in [-0.2, 0) is 6.42 Å². The molecular formula is C12H11FN2OS. The second kappa shape index (κ2) is 5.14. The van der Waals surface area contributed by atoms with Crippen LogP contribution in [0, 0.1) is 5.82 Å². The largest absolute Gasteiger partial charge is 0.287 e. The van der Waals surface area contributed by atoms with Crippen molar-refractivity contribution in [1.82, 2.24) is 9.59 Å². The Kier molecular flexibility index (Phi) is 3.58. The Morgan fingerprint density at radius 1 is 1.41 bits per heavy atom. The van der Waals surface area contributed by atoms with Crippen molar-refractivity contribution in [2.24, 2.45) is 0 Å². The molecule has 5 heteroatoms. The van der Waals surface area contributed by atoms with Gasteiger partial charge in [-0.25, -0.2) is 4.39 Å². The molecule has 0 amide bonds. The number of carbonyl (C=O) groups is 1. The van der Waals surface area contributed by atoms with Gasteiger partial charge in [-0.1, -0.05) is 30.0 Å². The molecule has 0 aliphatic carbocycles. The monoisotopic (exact) mass is 250 g/mol. The molecule has 0 saturated carbocycles. The Labute approximate surface area is 102 Å². The predicted octanol–water partition coefficient (Wildman–Crippen LogP) is 2.86. The van der Waals surface area contributed by atoms with Crippen molar-refractivity contribution in [2.45, 2.75) is 19.8 Å². The van der Waals surface area contributed by atoms with Gasteiger partial charge in [0.25, 0.3) is 0 Å². The highest BCUT2D eigenvalue weighted by atomic mass is 32.1. The molecule has 0 spiro atoms. The lowest BCUT2D eigenvalue weighted by Crippen LogP contribution is -2.05. The minimum Gasteiger partial charge on any atom is -0.287 e. The van der Waals surface area contributed by atoms with Crippen molar-refractivity contribution in [3.8, 4) is 0 Å². The van der Waals surface area contributed by atoms with Crippen LogP contribution in [0.25, 0.3) is 0 Å². The fraction of sp³-hybridized carbons (Fsp3) is 0.250. The molecule has 0 radical (unpaired) electrons. The summed E-state index contributed by atoms with van der Waals surface area (Å²) in [5.41, 5.74) is 0.738. The standard InChI is InChI=1S/C12H11FN2OS/c1-2-5-10-12(17-15-14-10)11(16)8-6-3-4-7-9(8)13/h3-4,6-7H,2,5H2,1H3. The van der Waals surface area contributed by atoms with Crippen LogP contribution in [0.1, 0.15) is 34.3 Å². The van der Waals surface area contributed by atoms with Gasteiger partial charge >= 0.3 is 0 Å². The Bertz CT molecular complexity index is 539. The van der Waals surface area contributed by atoms with Gasteiger partial charge in [-0.05, 0) is 30.1 Å². The summed E-state index contributed by atoms with van der Waals surface area (Å²) in [5.74, 6) is -0.838. The summed E-state index contributed by atoms with van der Waals surface area (Å²) < 4.78 is 17.3. The molecule has 0 aliphatic heterocycles. The van der Waals surface area contributed by atoms with Gasteiger partial charge in [-0.3, -0.25) is 4.79 Å². The summed E-state index contributed by atoms with van der Waals surface area (Å²) >= 11 is 1.02. The third-order valence-electron chi connectivity index (χ3n) is 2.37. The van der Waals surface area contributed by atoms with E-state index >= 15 is 0 Å². The maximum absolute atomic E-state index is 13.5. The first-order valence-corrected chi connectivity index (χ1v) is 6.11. The van der Waals surface area contributed by atoms with Crippen LogP contribution >= 0.6 is 11.5 Å². The Morgan fingerprint density at radius 3 is 2.88 bits per heavy atom. The molecule has 0 unspecified atom stereocenters. The number of halogens is 1.